The van der Waals surface area contributed by atoms with Crippen LogP contribution in [0.4, 0.5) is 4.39 Å². The van der Waals surface area contributed by atoms with Crippen LogP contribution in [0.1, 0.15) is 31.5 Å². The van der Waals surface area contributed by atoms with Crippen LogP contribution in [0.25, 0.3) is 11.1 Å². The molecule has 0 atom stereocenters. The lowest BCUT2D eigenvalue weighted by Crippen LogP contribution is -2.14. The van der Waals surface area contributed by atoms with Crippen LogP contribution in [0, 0.1) is 5.82 Å². The van der Waals surface area contributed by atoms with Gasteiger partial charge in [0, 0.05) is 25.4 Å². The van der Waals surface area contributed by atoms with Crippen molar-refractivity contribution in [2.45, 2.75) is 33.2 Å². The van der Waals surface area contributed by atoms with E-state index in [-0.39, 0.29) is 5.82 Å². The van der Waals surface area contributed by atoms with Gasteiger partial charge in [-0.2, -0.15) is 5.10 Å². The lowest BCUT2D eigenvalue weighted by Gasteiger charge is -2.10. The fourth-order valence-electron chi connectivity index (χ4n) is 2.39. The Bertz CT molecular complexity index is 575. The summed E-state index contributed by atoms with van der Waals surface area (Å²) in [5, 5.41) is 7.81. The molecule has 20 heavy (non-hydrogen) atoms. The van der Waals surface area contributed by atoms with Crippen molar-refractivity contribution in [1.29, 1.82) is 0 Å². The molecule has 1 N–H and O–H groups in total. The van der Waals surface area contributed by atoms with Crippen LogP contribution in [-0.4, -0.2) is 16.3 Å². The van der Waals surface area contributed by atoms with Gasteiger partial charge in [0.05, 0.1) is 5.69 Å². The summed E-state index contributed by atoms with van der Waals surface area (Å²) in [4.78, 5) is 0. The normalized spacial score (nSPS) is 11.0. The molecule has 4 heteroatoms. The largest absolute Gasteiger partial charge is 0.313 e. The molecule has 2 rings (SSSR count). The van der Waals surface area contributed by atoms with Gasteiger partial charge < -0.3 is 5.32 Å². The van der Waals surface area contributed by atoms with Gasteiger partial charge in [0.2, 0.25) is 0 Å². The van der Waals surface area contributed by atoms with E-state index in [1.165, 1.54) is 6.07 Å². The van der Waals surface area contributed by atoms with E-state index in [1.807, 2.05) is 24.0 Å². The summed E-state index contributed by atoms with van der Waals surface area (Å²) in [7, 11) is 1.92. The van der Waals surface area contributed by atoms with Crippen molar-refractivity contribution < 1.29 is 4.39 Å². The third-order valence-corrected chi connectivity index (χ3v) is 3.34. The molecular weight excluding hydrogens is 253 g/mol. The minimum atomic E-state index is -0.191. The van der Waals surface area contributed by atoms with E-state index < -0.39 is 0 Å². The van der Waals surface area contributed by atoms with E-state index in [0.717, 1.165) is 41.8 Å². The van der Waals surface area contributed by atoms with Crippen molar-refractivity contribution in [3.8, 4) is 11.1 Å². The molecule has 0 fully saturated rings. The van der Waals surface area contributed by atoms with E-state index in [4.69, 9.17) is 0 Å². The summed E-state index contributed by atoms with van der Waals surface area (Å²) in [5.41, 5.74) is 4.21. The molecule has 1 aromatic heterocycles. The maximum Gasteiger partial charge on any atom is 0.123 e. The van der Waals surface area contributed by atoms with Crippen molar-refractivity contribution >= 4 is 0 Å². The van der Waals surface area contributed by atoms with Crippen LogP contribution in [-0.2, 0) is 20.0 Å². The topological polar surface area (TPSA) is 29.9 Å². The Morgan fingerprint density at radius 2 is 2.05 bits per heavy atom. The van der Waals surface area contributed by atoms with E-state index in [0.29, 0.717) is 6.54 Å². The summed E-state index contributed by atoms with van der Waals surface area (Å²) >= 11 is 0. The van der Waals surface area contributed by atoms with Gasteiger partial charge in [0.1, 0.15) is 5.82 Å². The lowest BCUT2D eigenvalue weighted by atomic mass is 9.99. The van der Waals surface area contributed by atoms with E-state index >= 15 is 0 Å². The molecule has 0 radical (unpaired) electrons. The first-order valence-corrected chi connectivity index (χ1v) is 7.17. The molecule has 2 aromatic rings. The maximum absolute atomic E-state index is 13.5. The molecule has 108 valence electrons. The first-order valence-electron chi connectivity index (χ1n) is 7.17. The second-order valence-corrected chi connectivity index (χ2v) is 4.99. The summed E-state index contributed by atoms with van der Waals surface area (Å²) in [6.07, 6.45) is 3.95. The van der Waals surface area contributed by atoms with Gasteiger partial charge in [-0.3, -0.25) is 4.68 Å². The lowest BCUT2D eigenvalue weighted by molar-refractivity contribution is 0.619. The van der Waals surface area contributed by atoms with Crippen molar-refractivity contribution in [3.05, 3.63) is 41.5 Å². The van der Waals surface area contributed by atoms with Crippen LogP contribution >= 0.6 is 0 Å². The molecule has 0 saturated carbocycles. The van der Waals surface area contributed by atoms with Crippen molar-refractivity contribution in [2.75, 3.05) is 6.54 Å². The Hall–Kier alpha value is -1.68. The van der Waals surface area contributed by atoms with Crippen molar-refractivity contribution in [1.82, 2.24) is 15.1 Å². The zero-order chi connectivity index (χ0) is 14.5. The van der Waals surface area contributed by atoms with Crippen molar-refractivity contribution in [2.24, 2.45) is 7.05 Å². The molecule has 0 bridgehead atoms. The van der Waals surface area contributed by atoms with Crippen LogP contribution in [0.15, 0.2) is 24.4 Å². The highest BCUT2D eigenvalue weighted by molar-refractivity contribution is 5.69. The fraction of sp³-hybridized carbons (Fsp3) is 0.438. The highest BCUT2D eigenvalue weighted by Crippen LogP contribution is 2.27. The number of aryl methyl sites for hydroxylation is 2. The predicted octanol–water partition coefficient (Wildman–Crippen LogP) is 3.29. The summed E-state index contributed by atoms with van der Waals surface area (Å²) in [6.45, 7) is 5.82. The van der Waals surface area contributed by atoms with Crippen molar-refractivity contribution in [3.63, 3.8) is 0 Å². The molecular formula is C16H22FN3. The summed E-state index contributed by atoms with van der Waals surface area (Å²) in [5.74, 6) is -0.191. The summed E-state index contributed by atoms with van der Waals surface area (Å²) < 4.78 is 15.3. The second kappa shape index (κ2) is 6.66. The molecule has 0 aliphatic carbocycles. The number of halogens is 1. The standard InChI is InChI=1S/C16H22FN3/c1-4-8-18-10-12-9-13(17)6-7-14(12)15-11-20(3)19-16(15)5-2/h6-7,9,11,18H,4-5,8,10H2,1-3H3. The molecule has 0 aliphatic heterocycles. The number of hydrogen-bond donors (Lipinski definition) is 1. The van der Waals surface area contributed by atoms with Gasteiger partial charge >= 0.3 is 0 Å². The summed E-state index contributed by atoms with van der Waals surface area (Å²) in [6, 6.07) is 4.99. The molecule has 3 nitrogen and oxygen atoms in total. The first-order chi connectivity index (χ1) is 9.65. The number of hydrogen-bond acceptors (Lipinski definition) is 2. The number of benzene rings is 1. The molecule has 0 spiro atoms. The zero-order valence-electron chi connectivity index (χ0n) is 12.4. The van der Waals surface area contributed by atoms with E-state index in [1.54, 1.807) is 6.07 Å². The molecule has 0 amide bonds. The van der Waals surface area contributed by atoms with Gasteiger partial charge in [0.25, 0.3) is 0 Å². The number of nitrogens with one attached hydrogen (secondary N) is 1. The van der Waals surface area contributed by atoms with E-state index in [9.17, 15) is 4.39 Å². The zero-order valence-corrected chi connectivity index (χ0v) is 12.4. The van der Waals surface area contributed by atoms with Gasteiger partial charge in [0.15, 0.2) is 0 Å². The van der Waals surface area contributed by atoms with Crippen LogP contribution in [0.2, 0.25) is 0 Å². The van der Waals surface area contributed by atoms with Gasteiger partial charge in [-0.05, 0) is 42.6 Å². The van der Waals surface area contributed by atoms with E-state index in [2.05, 4.69) is 24.3 Å². The van der Waals surface area contributed by atoms with Gasteiger partial charge in [-0.1, -0.05) is 19.9 Å². The Labute approximate surface area is 119 Å². The third kappa shape index (κ3) is 3.25. The Balaban J connectivity index is 2.39. The average Bonchev–Trinajstić information content (AvgIpc) is 2.80. The Kier molecular flexibility index (Phi) is 4.90. The smallest absolute Gasteiger partial charge is 0.123 e. The molecule has 0 unspecified atom stereocenters. The average molecular weight is 275 g/mol. The minimum Gasteiger partial charge on any atom is -0.313 e. The number of nitrogens with zero attached hydrogens (tertiary/aromatic N) is 2. The maximum atomic E-state index is 13.5. The number of aromatic nitrogens is 2. The monoisotopic (exact) mass is 275 g/mol. The molecule has 0 aliphatic rings. The molecule has 0 saturated heterocycles. The van der Waals surface area contributed by atoms with Gasteiger partial charge in [-0.15, -0.1) is 0 Å². The first kappa shape index (κ1) is 14.7. The quantitative estimate of drug-likeness (QED) is 0.820. The van der Waals surface area contributed by atoms with Crippen LogP contribution in [0.3, 0.4) is 0 Å². The Morgan fingerprint density at radius 3 is 2.75 bits per heavy atom. The Morgan fingerprint density at radius 1 is 1.25 bits per heavy atom. The van der Waals surface area contributed by atoms with Crippen LogP contribution < -0.4 is 5.32 Å². The fourth-order valence-corrected chi connectivity index (χ4v) is 2.39. The molecule has 1 heterocycles. The highest BCUT2D eigenvalue weighted by Gasteiger charge is 2.13. The predicted molar refractivity (Wildman–Crippen MR) is 80.0 cm³/mol. The third-order valence-electron chi connectivity index (χ3n) is 3.34. The highest BCUT2D eigenvalue weighted by atomic mass is 19.1. The second-order valence-electron chi connectivity index (χ2n) is 4.99. The molecule has 1 aromatic carbocycles. The number of rotatable bonds is 6. The van der Waals surface area contributed by atoms with Gasteiger partial charge in [-0.25, -0.2) is 4.39 Å². The SMILES string of the molecule is CCCNCc1cc(F)ccc1-c1cn(C)nc1CC. The minimum absolute atomic E-state index is 0.191. The van der Waals surface area contributed by atoms with Crippen LogP contribution in [0.5, 0.6) is 0 Å².